The molecule has 0 spiro atoms. The minimum Gasteiger partial charge on any atom is -0.500 e. The number of aromatic nitrogens is 4. The van der Waals surface area contributed by atoms with Gasteiger partial charge in [0.05, 0.1) is 44.4 Å². The second kappa shape index (κ2) is 11.7. The molecule has 0 amide bonds. The Bertz CT molecular complexity index is 3010. The standard InChI is InChI=1S/C32H18N3O.C12H10N.Ir/c1-34-26-15-5-3-13-24(26)33-32(34)23-12-7-10-20-21-16-17-27-28(31(21)36-30(20)23)22-11-6-9-19-18-8-2-4-14-25(18)35(27)29(19)22;1-10-7-8-12(13-9-10)11-5-3-2-4-6-11;/h2-11,13-17H,1H3;2-5,7-9H,1H3;/q2*-1;. The maximum absolute atomic E-state index is 6.78. The number of furan rings is 1. The zero-order valence-electron chi connectivity index (χ0n) is 27.2. The summed E-state index contributed by atoms with van der Waals surface area (Å²) in [6.45, 7) is 2.03. The van der Waals surface area contributed by atoms with Crippen LogP contribution >= 0.6 is 0 Å². The van der Waals surface area contributed by atoms with Crippen molar-refractivity contribution in [2.45, 2.75) is 6.92 Å². The minimum absolute atomic E-state index is 0. The summed E-state index contributed by atoms with van der Waals surface area (Å²) < 4.78 is 11.3. The molecule has 0 aliphatic rings. The van der Waals surface area contributed by atoms with Crippen molar-refractivity contribution in [2.24, 2.45) is 7.05 Å². The third-order valence-corrected chi connectivity index (χ3v) is 9.69. The molecule has 0 bridgehead atoms. The van der Waals surface area contributed by atoms with Crippen LogP contribution in [0.25, 0.3) is 93.7 Å². The van der Waals surface area contributed by atoms with Gasteiger partial charge in [0, 0.05) is 54.9 Å². The predicted molar refractivity (Wildman–Crippen MR) is 200 cm³/mol. The Labute approximate surface area is 301 Å². The number of pyridine rings is 1. The van der Waals surface area contributed by atoms with E-state index in [1.807, 2.05) is 67.7 Å². The van der Waals surface area contributed by atoms with Gasteiger partial charge < -0.3 is 18.4 Å². The molecule has 5 aromatic heterocycles. The maximum atomic E-state index is 6.78. The molecule has 11 aromatic rings. The van der Waals surface area contributed by atoms with Crippen LogP contribution in [0.15, 0.2) is 138 Å². The first-order valence-corrected chi connectivity index (χ1v) is 16.4. The first kappa shape index (κ1) is 30.3. The molecule has 50 heavy (non-hydrogen) atoms. The second-order valence-electron chi connectivity index (χ2n) is 12.6. The largest absolute Gasteiger partial charge is 0.500 e. The number of benzene rings is 6. The van der Waals surface area contributed by atoms with Gasteiger partial charge in [-0.05, 0) is 42.4 Å². The molecule has 5 heterocycles. The predicted octanol–water partition coefficient (Wildman–Crippen LogP) is 10.9. The van der Waals surface area contributed by atoms with Crippen LogP contribution in [0, 0.1) is 19.1 Å². The molecule has 0 fully saturated rings. The number of nitrogens with zero attached hydrogens (tertiary/aromatic N) is 4. The molecule has 0 atom stereocenters. The Hall–Kier alpha value is -5.81. The van der Waals surface area contributed by atoms with E-state index in [9.17, 15) is 0 Å². The fraction of sp³-hybridized carbons (Fsp3) is 0.0455. The zero-order chi connectivity index (χ0) is 32.6. The van der Waals surface area contributed by atoms with Crippen molar-refractivity contribution in [3.8, 4) is 22.6 Å². The summed E-state index contributed by atoms with van der Waals surface area (Å²) >= 11 is 0. The van der Waals surface area contributed by atoms with Crippen LogP contribution < -0.4 is 0 Å². The van der Waals surface area contributed by atoms with E-state index in [2.05, 4.69) is 106 Å². The van der Waals surface area contributed by atoms with Gasteiger partial charge in [-0.3, -0.25) is 4.98 Å². The van der Waals surface area contributed by atoms with Crippen LogP contribution in [-0.2, 0) is 27.2 Å². The van der Waals surface area contributed by atoms with E-state index in [-0.39, 0.29) is 20.1 Å². The molecule has 241 valence electrons. The second-order valence-corrected chi connectivity index (χ2v) is 12.6. The Balaban J connectivity index is 0.000000204. The summed E-state index contributed by atoms with van der Waals surface area (Å²) in [4.78, 5) is 9.25. The van der Waals surface area contributed by atoms with E-state index >= 15 is 0 Å². The number of para-hydroxylation sites is 4. The number of rotatable bonds is 2. The first-order chi connectivity index (χ1) is 24.2. The van der Waals surface area contributed by atoms with Gasteiger partial charge in [-0.25, -0.2) is 0 Å². The van der Waals surface area contributed by atoms with E-state index in [1.165, 1.54) is 38.3 Å². The summed E-state index contributed by atoms with van der Waals surface area (Å²) in [5, 5.41) is 7.13. The molecule has 0 unspecified atom stereocenters. The van der Waals surface area contributed by atoms with Crippen molar-refractivity contribution in [3.05, 3.63) is 151 Å². The molecule has 0 saturated heterocycles. The molecular formula is C44H28IrN4O-2. The number of imidazole rings is 1. The minimum atomic E-state index is 0. The average molecular weight is 821 g/mol. The van der Waals surface area contributed by atoms with Gasteiger partial charge in [-0.15, -0.1) is 54.1 Å². The quantitative estimate of drug-likeness (QED) is 0.163. The fourth-order valence-electron chi connectivity index (χ4n) is 7.43. The third kappa shape index (κ3) is 4.42. The smallest absolute Gasteiger partial charge is 0.130 e. The fourth-order valence-corrected chi connectivity index (χ4v) is 7.43. The molecule has 0 aliphatic carbocycles. The number of hydrogen-bond donors (Lipinski definition) is 0. The maximum Gasteiger partial charge on any atom is 0.130 e. The van der Waals surface area contributed by atoms with E-state index in [0.29, 0.717) is 0 Å². The van der Waals surface area contributed by atoms with Gasteiger partial charge in [0.1, 0.15) is 5.58 Å². The van der Waals surface area contributed by atoms with Crippen LogP contribution in [0.2, 0.25) is 0 Å². The molecule has 6 aromatic carbocycles. The van der Waals surface area contributed by atoms with Gasteiger partial charge in [0.15, 0.2) is 0 Å². The van der Waals surface area contributed by atoms with Crippen molar-refractivity contribution in [2.75, 3.05) is 0 Å². The zero-order valence-corrected chi connectivity index (χ0v) is 29.6. The van der Waals surface area contributed by atoms with Crippen molar-refractivity contribution in [3.63, 3.8) is 0 Å². The number of aryl methyl sites for hydroxylation is 2. The Morgan fingerprint density at radius 1 is 0.620 bits per heavy atom. The molecule has 5 nitrogen and oxygen atoms in total. The number of hydrogen-bond acceptors (Lipinski definition) is 3. The normalized spacial score (nSPS) is 11.6. The molecule has 0 saturated carbocycles. The van der Waals surface area contributed by atoms with Gasteiger partial charge in [-0.1, -0.05) is 77.7 Å². The van der Waals surface area contributed by atoms with Gasteiger partial charge >= 0.3 is 0 Å². The van der Waals surface area contributed by atoms with Gasteiger partial charge in [0.25, 0.3) is 0 Å². The molecule has 6 heteroatoms. The monoisotopic (exact) mass is 821 g/mol. The summed E-state index contributed by atoms with van der Waals surface area (Å²) in [6.07, 6.45) is 1.87. The first-order valence-electron chi connectivity index (χ1n) is 16.4. The number of fused-ring (bicyclic) bond motifs is 11. The summed E-state index contributed by atoms with van der Waals surface area (Å²) in [5.74, 6) is 0.858. The average Bonchev–Trinajstić information content (AvgIpc) is 3.89. The van der Waals surface area contributed by atoms with Crippen LogP contribution in [0.5, 0.6) is 0 Å². The van der Waals surface area contributed by atoms with Crippen molar-refractivity contribution >= 4 is 71.1 Å². The van der Waals surface area contributed by atoms with E-state index in [1.54, 1.807) is 0 Å². The summed E-state index contributed by atoms with van der Waals surface area (Å²) in [6, 6.07) is 50.5. The van der Waals surface area contributed by atoms with Crippen molar-refractivity contribution < 1.29 is 24.5 Å². The topological polar surface area (TPSA) is 48.3 Å². The SMILES string of the molecule is Cc1ccc(-c2[c-]cccc2)nc1.Cn1c(-c2[c-]ccc3c2oc2c3ccc3c2c2cccc4c5ccccc5n3c42)nc2ccccc21.[Ir]. The van der Waals surface area contributed by atoms with Crippen LogP contribution in [0.1, 0.15) is 5.56 Å². The molecule has 1 radical (unpaired) electrons. The van der Waals surface area contributed by atoms with E-state index < -0.39 is 0 Å². The molecule has 0 N–H and O–H groups in total. The Morgan fingerprint density at radius 2 is 1.40 bits per heavy atom. The summed E-state index contributed by atoms with van der Waals surface area (Å²) in [5.41, 5.74) is 11.5. The van der Waals surface area contributed by atoms with Crippen LogP contribution in [0.3, 0.4) is 0 Å². The molecular weight excluding hydrogens is 793 g/mol. The van der Waals surface area contributed by atoms with Gasteiger partial charge in [0.2, 0.25) is 0 Å². The van der Waals surface area contributed by atoms with E-state index in [4.69, 9.17) is 9.40 Å². The third-order valence-electron chi connectivity index (χ3n) is 9.69. The summed E-state index contributed by atoms with van der Waals surface area (Å²) in [7, 11) is 2.05. The van der Waals surface area contributed by atoms with Gasteiger partial charge in [-0.2, -0.15) is 0 Å². The van der Waals surface area contributed by atoms with Crippen molar-refractivity contribution in [1.29, 1.82) is 0 Å². The Kier molecular flexibility index (Phi) is 7.06. The Morgan fingerprint density at radius 3 is 2.22 bits per heavy atom. The van der Waals surface area contributed by atoms with Crippen molar-refractivity contribution in [1.82, 2.24) is 18.9 Å². The van der Waals surface area contributed by atoms with Crippen LogP contribution in [0.4, 0.5) is 0 Å². The molecule has 11 rings (SSSR count). The van der Waals surface area contributed by atoms with E-state index in [0.717, 1.165) is 61.0 Å². The molecule has 0 aliphatic heterocycles. The van der Waals surface area contributed by atoms with Crippen LogP contribution in [-0.4, -0.2) is 18.9 Å².